The minimum atomic E-state index is 0.740. The quantitative estimate of drug-likeness (QED) is 0.826. The van der Waals surface area contributed by atoms with E-state index < -0.39 is 0 Å². The Morgan fingerprint density at radius 3 is 2.79 bits per heavy atom. The molecule has 1 aromatic carbocycles. The van der Waals surface area contributed by atoms with Gasteiger partial charge in [-0.25, -0.2) is 0 Å². The van der Waals surface area contributed by atoms with E-state index in [9.17, 15) is 0 Å². The summed E-state index contributed by atoms with van der Waals surface area (Å²) in [5.41, 5.74) is 1.20. The second-order valence-electron chi connectivity index (χ2n) is 5.05. The van der Waals surface area contributed by atoms with Crippen molar-refractivity contribution in [2.45, 2.75) is 25.9 Å². The molecule has 0 amide bonds. The van der Waals surface area contributed by atoms with Gasteiger partial charge in [-0.3, -0.25) is 0 Å². The zero-order valence-electron chi connectivity index (χ0n) is 11.0. The van der Waals surface area contributed by atoms with Crippen LogP contribution in [0, 0.1) is 5.92 Å². The number of ether oxygens (including phenoxy) is 1. The third-order valence-corrected chi connectivity index (χ3v) is 3.34. The SMILES string of the molecule is c1coc(CNCc2ccccc2OCC2CC2)c1. The van der Waals surface area contributed by atoms with Crippen LogP contribution in [0.2, 0.25) is 0 Å². The van der Waals surface area contributed by atoms with Gasteiger partial charge in [0.1, 0.15) is 11.5 Å². The minimum absolute atomic E-state index is 0.740. The summed E-state index contributed by atoms with van der Waals surface area (Å²) >= 11 is 0. The van der Waals surface area contributed by atoms with Crippen LogP contribution in [0.25, 0.3) is 0 Å². The van der Waals surface area contributed by atoms with Gasteiger partial charge in [0.25, 0.3) is 0 Å². The van der Waals surface area contributed by atoms with Gasteiger partial charge in [-0.15, -0.1) is 0 Å². The predicted octanol–water partition coefficient (Wildman–Crippen LogP) is 3.36. The third kappa shape index (κ3) is 3.61. The Morgan fingerprint density at radius 2 is 2.00 bits per heavy atom. The van der Waals surface area contributed by atoms with E-state index in [1.165, 1.54) is 18.4 Å². The molecule has 0 unspecified atom stereocenters. The summed E-state index contributed by atoms with van der Waals surface area (Å²) < 4.78 is 11.2. The third-order valence-electron chi connectivity index (χ3n) is 3.34. The molecule has 0 aliphatic heterocycles. The van der Waals surface area contributed by atoms with Gasteiger partial charge < -0.3 is 14.5 Å². The molecule has 1 heterocycles. The molecule has 1 fully saturated rings. The van der Waals surface area contributed by atoms with E-state index in [-0.39, 0.29) is 0 Å². The van der Waals surface area contributed by atoms with Crippen LogP contribution in [-0.2, 0) is 13.1 Å². The highest BCUT2D eigenvalue weighted by Crippen LogP contribution is 2.30. The molecular formula is C16H19NO2. The van der Waals surface area contributed by atoms with Crippen molar-refractivity contribution in [1.29, 1.82) is 0 Å². The second-order valence-corrected chi connectivity index (χ2v) is 5.05. The lowest BCUT2D eigenvalue weighted by Crippen LogP contribution is -2.13. The summed E-state index contributed by atoms with van der Waals surface area (Å²) in [4.78, 5) is 0. The van der Waals surface area contributed by atoms with Gasteiger partial charge in [0.2, 0.25) is 0 Å². The van der Waals surface area contributed by atoms with Crippen molar-refractivity contribution in [3.05, 3.63) is 54.0 Å². The van der Waals surface area contributed by atoms with Gasteiger partial charge in [0.05, 0.1) is 19.4 Å². The predicted molar refractivity (Wildman–Crippen MR) is 73.9 cm³/mol. The Kier molecular flexibility index (Phi) is 3.84. The summed E-state index contributed by atoms with van der Waals surface area (Å²) in [6.45, 7) is 2.39. The Bertz CT molecular complexity index is 503. The fourth-order valence-corrected chi connectivity index (χ4v) is 2.02. The highest BCUT2D eigenvalue weighted by atomic mass is 16.5. The van der Waals surface area contributed by atoms with E-state index in [0.717, 1.165) is 37.1 Å². The van der Waals surface area contributed by atoms with E-state index in [0.29, 0.717) is 0 Å². The highest BCUT2D eigenvalue weighted by molar-refractivity contribution is 5.33. The van der Waals surface area contributed by atoms with Gasteiger partial charge in [-0.1, -0.05) is 18.2 Å². The van der Waals surface area contributed by atoms with Crippen molar-refractivity contribution < 1.29 is 9.15 Å². The minimum Gasteiger partial charge on any atom is -0.493 e. The Balaban J connectivity index is 1.53. The molecule has 1 aliphatic rings. The molecule has 3 heteroatoms. The zero-order chi connectivity index (χ0) is 12.9. The molecule has 0 spiro atoms. The number of benzene rings is 1. The van der Waals surface area contributed by atoms with Gasteiger partial charge in [0.15, 0.2) is 0 Å². The van der Waals surface area contributed by atoms with Crippen LogP contribution in [0.15, 0.2) is 47.1 Å². The van der Waals surface area contributed by atoms with Crippen molar-refractivity contribution in [1.82, 2.24) is 5.32 Å². The first-order chi connectivity index (χ1) is 9.42. The molecule has 19 heavy (non-hydrogen) atoms. The average molecular weight is 257 g/mol. The molecule has 0 atom stereocenters. The first kappa shape index (κ1) is 12.3. The molecule has 1 N–H and O–H groups in total. The van der Waals surface area contributed by atoms with Gasteiger partial charge in [-0.05, 0) is 37.0 Å². The lowest BCUT2D eigenvalue weighted by molar-refractivity contribution is 0.296. The molecule has 0 radical (unpaired) electrons. The number of furan rings is 1. The molecule has 0 bridgehead atoms. The molecule has 1 aromatic heterocycles. The fraction of sp³-hybridized carbons (Fsp3) is 0.375. The summed E-state index contributed by atoms with van der Waals surface area (Å²) in [7, 11) is 0. The summed E-state index contributed by atoms with van der Waals surface area (Å²) in [5, 5.41) is 3.37. The number of hydrogen-bond acceptors (Lipinski definition) is 3. The van der Waals surface area contributed by atoms with Crippen LogP contribution in [0.1, 0.15) is 24.2 Å². The fourth-order valence-electron chi connectivity index (χ4n) is 2.02. The van der Waals surface area contributed by atoms with Crippen molar-refractivity contribution >= 4 is 0 Å². The van der Waals surface area contributed by atoms with Gasteiger partial charge >= 0.3 is 0 Å². The number of rotatable bonds is 7. The number of nitrogens with one attached hydrogen (secondary N) is 1. The maximum atomic E-state index is 5.89. The standard InChI is InChI=1S/C16H19NO2/c1-2-6-16(19-12-13-7-8-13)14(4-1)10-17-11-15-5-3-9-18-15/h1-6,9,13,17H,7-8,10-12H2. The van der Waals surface area contributed by atoms with Gasteiger partial charge in [0, 0.05) is 12.1 Å². The Hall–Kier alpha value is -1.74. The van der Waals surface area contributed by atoms with Crippen molar-refractivity contribution in [2.24, 2.45) is 5.92 Å². The van der Waals surface area contributed by atoms with E-state index in [4.69, 9.17) is 9.15 Å². The maximum Gasteiger partial charge on any atom is 0.123 e. The smallest absolute Gasteiger partial charge is 0.123 e. The normalized spacial score (nSPS) is 14.5. The van der Waals surface area contributed by atoms with E-state index in [1.807, 2.05) is 30.3 Å². The maximum absolute atomic E-state index is 5.89. The Labute approximate surface area is 113 Å². The van der Waals surface area contributed by atoms with Crippen LogP contribution in [-0.4, -0.2) is 6.61 Å². The molecule has 3 nitrogen and oxygen atoms in total. The number of hydrogen-bond donors (Lipinski definition) is 1. The first-order valence-corrected chi connectivity index (χ1v) is 6.85. The van der Waals surface area contributed by atoms with E-state index >= 15 is 0 Å². The van der Waals surface area contributed by atoms with Crippen molar-refractivity contribution in [2.75, 3.05) is 6.61 Å². The van der Waals surface area contributed by atoms with E-state index in [2.05, 4.69) is 11.4 Å². The van der Waals surface area contributed by atoms with Crippen LogP contribution < -0.4 is 10.1 Å². The molecule has 2 aromatic rings. The first-order valence-electron chi connectivity index (χ1n) is 6.85. The van der Waals surface area contributed by atoms with Crippen LogP contribution in [0.5, 0.6) is 5.75 Å². The number of para-hydroxylation sites is 1. The molecule has 1 aliphatic carbocycles. The molecular weight excluding hydrogens is 238 g/mol. The highest BCUT2D eigenvalue weighted by Gasteiger charge is 2.22. The lowest BCUT2D eigenvalue weighted by atomic mass is 10.2. The van der Waals surface area contributed by atoms with Crippen LogP contribution >= 0.6 is 0 Å². The largest absolute Gasteiger partial charge is 0.493 e. The molecule has 100 valence electrons. The summed E-state index contributed by atoms with van der Waals surface area (Å²) in [6, 6.07) is 12.1. The topological polar surface area (TPSA) is 34.4 Å². The molecule has 0 saturated heterocycles. The lowest BCUT2D eigenvalue weighted by Gasteiger charge is -2.11. The summed E-state index contributed by atoms with van der Waals surface area (Å²) in [6.07, 6.45) is 4.33. The van der Waals surface area contributed by atoms with Gasteiger partial charge in [-0.2, -0.15) is 0 Å². The van der Waals surface area contributed by atoms with Crippen LogP contribution in [0.3, 0.4) is 0 Å². The van der Waals surface area contributed by atoms with Crippen LogP contribution in [0.4, 0.5) is 0 Å². The monoisotopic (exact) mass is 257 g/mol. The van der Waals surface area contributed by atoms with E-state index in [1.54, 1.807) is 6.26 Å². The van der Waals surface area contributed by atoms with Crippen molar-refractivity contribution in [3.63, 3.8) is 0 Å². The molecule has 1 saturated carbocycles. The molecule has 3 rings (SSSR count). The average Bonchev–Trinajstić information content (AvgIpc) is 3.13. The summed E-state index contributed by atoms with van der Waals surface area (Å²) in [5.74, 6) is 2.74. The Morgan fingerprint density at radius 1 is 1.11 bits per heavy atom. The second kappa shape index (κ2) is 5.93. The zero-order valence-corrected chi connectivity index (χ0v) is 11.0. The van der Waals surface area contributed by atoms with Crippen molar-refractivity contribution in [3.8, 4) is 5.75 Å².